The largest absolute Gasteiger partial charge is 0.372 e. The summed E-state index contributed by atoms with van der Waals surface area (Å²) in [4.78, 5) is 14.1. The fourth-order valence-corrected chi connectivity index (χ4v) is 2.20. The van der Waals surface area contributed by atoms with Gasteiger partial charge in [0, 0.05) is 13.1 Å². The smallest absolute Gasteiger partial charge is 0.244 e. The average Bonchev–Trinajstić information content (AvgIpc) is 2.37. The molecule has 106 valence electrons. The van der Waals surface area contributed by atoms with Crippen molar-refractivity contribution in [3.63, 3.8) is 0 Å². The Morgan fingerprint density at radius 2 is 2.00 bits per heavy atom. The summed E-state index contributed by atoms with van der Waals surface area (Å²) in [7, 11) is 0. The molecule has 5 heteroatoms. The van der Waals surface area contributed by atoms with Crippen LogP contribution in [-0.2, 0) is 9.53 Å². The van der Waals surface area contributed by atoms with Crippen LogP contribution in [0.1, 0.15) is 25.5 Å². The summed E-state index contributed by atoms with van der Waals surface area (Å²) in [5, 5.41) is 0. The second-order valence-corrected chi connectivity index (χ2v) is 5.26. The molecule has 0 saturated carbocycles. The predicted octanol–water partition coefficient (Wildman–Crippen LogP) is 1.75. The molecule has 1 unspecified atom stereocenters. The van der Waals surface area contributed by atoms with Gasteiger partial charge in [-0.1, -0.05) is 30.3 Å². The molecule has 4 nitrogen and oxygen atoms in total. The molecule has 1 saturated heterocycles. The van der Waals surface area contributed by atoms with E-state index in [-0.39, 0.29) is 23.9 Å². The van der Waals surface area contributed by atoms with Crippen LogP contribution in [0.2, 0.25) is 0 Å². The van der Waals surface area contributed by atoms with Crippen LogP contribution in [0.15, 0.2) is 30.3 Å². The average molecular weight is 285 g/mol. The Balaban J connectivity index is 0.00000180. The molecule has 0 radical (unpaired) electrons. The maximum absolute atomic E-state index is 12.3. The summed E-state index contributed by atoms with van der Waals surface area (Å²) < 4.78 is 5.60. The summed E-state index contributed by atoms with van der Waals surface area (Å²) in [5.74, 6) is -0.0300. The lowest BCUT2D eigenvalue weighted by atomic mass is 10.0. The normalized spacial score (nSPS) is 19.4. The number of hydrogen-bond donors (Lipinski definition) is 1. The second-order valence-electron chi connectivity index (χ2n) is 5.26. The highest BCUT2D eigenvalue weighted by molar-refractivity contribution is 5.85. The fraction of sp³-hybridized carbons (Fsp3) is 0.500. The molecular formula is C14H21ClN2O2. The molecule has 2 rings (SSSR count). The zero-order chi connectivity index (χ0) is 13.2. The Labute approximate surface area is 120 Å². The lowest BCUT2D eigenvalue weighted by molar-refractivity contribution is -0.147. The van der Waals surface area contributed by atoms with Crippen molar-refractivity contribution in [2.75, 3.05) is 19.7 Å². The van der Waals surface area contributed by atoms with Crippen molar-refractivity contribution in [2.45, 2.75) is 25.5 Å². The first kappa shape index (κ1) is 16.0. The van der Waals surface area contributed by atoms with E-state index in [2.05, 4.69) is 0 Å². The van der Waals surface area contributed by atoms with E-state index < -0.39 is 6.04 Å². The van der Waals surface area contributed by atoms with Crippen LogP contribution in [0.25, 0.3) is 0 Å². The number of halogens is 1. The van der Waals surface area contributed by atoms with Crippen LogP contribution in [0.4, 0.5) is 0 Å². The van der Waals surface area contributed by atoms with Crippen molar-refractivity contribution in [3.05, 3.63) is 35.9 Å². The highest BCUT2D eigenvalue weighted by Crippen LogP contribution is 2.20. The van der Waals surface area contributed by atoms with Gasteiger partial charge in [0.15, 0.2) is 0 Å². The molecule has 0 aromatic heterocycles. The highest BCUT2D eigenvalue weighted by Gasteiger charge is 2.32. The minimum atomic E-state index is -0.583. The zero-order valence-corrected chi connectivity index (χ0v) is 12.2. The summed E-state index contributed by atoms with van der Waals surface area (Å²) in [6.45, 7) is 5.75. The van der Waals surface area contributed by atoms with Crippen LogP contribution in [-0.4, -0.2) is 36.1 Å². The molecule has 1 aromatic carbocycles. The number of hydrogen-bond acceptors (Lipinski definition) is 3. The van der Waals surface area contributed by atoms with Gasteiger partial charge < -0.3 is 15.4 Å². The predicted molar refractivity (Wildman–Crippen MR) is 77.2 cm³/mol. The Kier molecular flexibility index (Phi) is 5.35. The van der Waals surface area contributed by atoms with Gasteiger partial charge in [0.25, 0.3) is 0 Å². The van der Waals surface area contributed by atoms with Crippen LogP contribution >= 0.6 is 12.4 Å². The standard InChI is InChI=1S/C14H20N2O2.ClH/c1-14(2)10-16(8-9-18-14)13(17)12(15)11-6-4-3-5-7-11;/h3-7,12H,8-10,15H2,1-2H3;1H. The Hall–Kier alpha value is -1.10. The third-order valence-corrected chi connectivity index (χ3v) is 3.16. The molecule has 1 fully saturated rings. The van der Waals surface area contributed by atoms with Crippen molar-refractivity contribution in [2.24, 2.45) is 5.73 Å². The van der Waals surface area contributed by atoms with Crippen molar-refractivity contribution < 1.29 is 9.53 Å². The molecule has 0 spiro atoms. The fourth-order valence-electron chi connectivity index (χ4n) is 2.20. The van der Waals surface area contributed by atoms with Gasteiger partial charge in [-0.15, -0.1) is 12.4 Å². The molecule has 0 bridgehead atoms. The molecule has 0 aliphatic carbocycles. The number of morpholine rings is 1. The van der Waals surface area contributed by atoms with Crippen LogP contribution in [0.5, 0.6) is 0 Å². The first-order valence-electron chi connectivity index (χ1n) is 6.23. The highest BCUT2D eigenvalue weighted by atomic mass is 35.5. The second kappa shape index (κ2) is 6.37. The zero-order valence-electron chi connectivity index (χ0n) is 11.3. The Morgan fingerprint density at radius 3 is 2.58 bits per heavy atom. The van der Waals surface area contributed by atoms with Crippen LogP contribution < -0.4 is 5.73 Å². The quantitative estimate of drug-likeness (QED) is 0.900. The number of amides is 1. The van der Waals surface area contributed by atoms with Crippen LogP contribution in [0.3, 0.4) is 0 Å². The van der Waals surface area contributed by atoms with E-state index >= 15 is 0 Å². The maximum atomic E-state index is 12.3. The van der Waals surface area contributed by atoms with Gasteiger partial charge in [-0.05, 0) is 19.4 Å². The first-order valence-corrected chi connectivity index (χ1v) is 6.23. The van der Waals surface area contributed by atoms with E-state index in [0.29, 0.717) is 19.7 Å². The van der Waals surface area contributed by atoms with Gasteiger partial charge in [0.1, 0.15) is 6.04 Å². The molecule has 19 heavy (non-hydrogen) atoms. The van der Waals surface area contributed by atoms with Gasteiger partial charge >= 0.3 is 0 Å². The SMILES string of the molecule is CC1(C)CN(C(=O)C(N)c2ccccc2)CCO1.Cl. The van der Waals surface area contributed by atoms with Gasteiger partial charge in [0.05, 0.1) is 12.2 Å². The van der Waals surface area contributed by atoms with Gasteiger partial charge in [0.2, 0.25) is 5.91 Å². The van der Waals surface area contributed by atoms with Gasteiger partial charge in [-0.3, -0.25) is 4.79 Å². The lowest BCUT2D eigenvalue weighted by Gasteiger charge is -2.39. The topological polar surface area (TPSA) is 55.6 Å². The van der Waals surface area contributed by atoms with E-state index in [1.165, 1.54) is 0 Å². The summed E-state index contributed by atoms with van der Waals surface area (Å²) in [5.41, 5.74) is 6.59. The van der Waals surface area contributed by atoms with E-state index in [4.69, 9.17) is 10.5 Å². The number of rotatable bonds is 2. The number of nitrogens with two attached hydrogens (primary N) is 1. The Morgan fingerprint density at radius 1 is 1.37 bits per heavy atom. The summed E-state index contributed by atoms with van der Waals surface area (Å²) in [6.07, 6.45) is 0. The number of carbonyl (C=O) groups is 1. The lowest BCUT2D eigenvalue weighted by Crippen LogP contribution is -2.52. The number of nitrogens with zero attached hydrogens (tertiary/aromatic N) is 1. The monoisotopic (exact) mass is 284 g/mol. The van der Waals surface area contributed by atoms with Crippen molar-refractivity contribution in [1.29, 1.82) is 0 Å². The number of carbonyl (C=O) groups excluding carboxylic acids is 1. The molecule has 2 N–H and O–H groups in total. The number of benzene rings is 1. The van der Waals surface area contributed by atoms with Crippen molar-refractivity contribution in [3.8, 4) is 0 Å². The van der Waals surface area contributed by atoms with Crippen molar-refractivity contribution in [1.82, 2.24) is 4.90 Å². The minimum Gasteiger partial charge on any atom is -0.372 e. The molecule has 1 heterocycles. The van der Waals surface area contributed by atoms with E-state index in [1.807, 2.05) is 44.2 Å². The molecule has 1 atom stereocenters. The van der Waals surface area contributed by atoms with E-state index in [1.54, 1.807) is 4.90 Å². The number of ether oxygens (including phenoxy) is 1. The minimum absolute atomic E-state index is 0. The first-order chi connectivity index (χ1) is 8.49. The van der Waals surface area contributed by atoms with Gasteiger partial charge in [-0.2, -0.15) is 0 Å². The summed E-state index contributed by atoms with van der Waals surface area (Å²) >= 11 is 0. The maximum Gasteiger partial charge on any atom is 0.244 e. The van der Waals surface area contributed by atoms with E-state index in [0.717, 1.165) is 5.56 Å². The van der Waals surface area contributed by atoms with Crippen LogP contribution in [0, 0.1) is 0 Å². The molecular weight excluding hydrogens is 264 g/mol. The Bertz CT molecular complexity index is 423. The summed E-state index contributed by atoms with van der Waals surface area (Å²) in [6, 6.07) is 8.89. The van der Waals surface area contributed by atoms with E-state index in [9.17, 15) is 4.79 Å². The third-order valence-electron chi connectivity index (χ3n) is 3.16. The third kappa shape index (κ3) is 3.93. The van der Waals surface area contributed by atoms with Crippen molar-refractivity contribution >= 4 is 18.3 Å². The molecule has 1 aliphatic heterocycles. The van der Waals surface area contributed by atoms with Gasteiger partial charge in [-0.25, -0.2) is 0 Å². The molecule has 1 amide bonds. The molecule has 1 aromatic rings. The molecule has 1 aliphatic rings.